The van der Waals surface area contributed by atoms with Gasteiger partial charge in [-0.15, -0.1) is 0 Å². The molecule has 0 aliphatic carbocycles. The van der Waals surface area contributed by atoms with Crippen molar-refractivity contribution in [2.45, 2.75) is 12.5 Å². The lowest BCUT2D eigenvalue weighted by Gasteiger charge is -2.13. The second-order valence-electron chi connectivity index (χ2n) is 6.18. The van der Waals surface area contributed by atoms with Gasteiger partial charge < -0.3 is 24.3 Å². The first-order valence-corrected chi connectivity index (χ1v) is 8.84. The minimum absolute atomic E-state index is 0.0992. The summed E-state index contributed by atoms with van der Waals surface area (Å²) in [7, 11) is 2.46. The van der Waals surface area contributed by atoms with Gasteiger partial charge in [0.15, 0.2) is 0 Å². The van der Waals surface area contributed by atoms with E-state index in [1.54, 1.807) is 0 Å². The Kier molecular flexibility index (Phi) is 6.40. The van der Waals surface area contributed by atoms with Crippen LogP contribution < -0.4 is 10.1 Å². The number of esters is 2. The zero-order valence-electron chi connectivity index (χ0n) is 16.0. The number of carbonyl (C=O) groups excluding carboxylic acids is 3. The Morgan fingerprint density at radius 3 is 2.55 bits per heavy atom. The smallest absolute Gasteiger partial charge is 0.339 e. The molecular weight excluding hydrogens is 380 g/mol. The molecule has 2 aromatic rings. The second kappa shape index (κ2) is 9.16. The van der Waals surface area contributed by atoms with E-state index in [4.69, 9.17) is 14.2 Å². The maximum Gasteiger partial charge on any atom is 0.339 e. The second-order valence-corrected chi connectivity index (χ2v) is 6.18. The summed E-state index contributed by atoms with van der Waals surface area (Å²) in [6.07, 6.45) is 2.09. The van der Waals surface area contributed by atoms with Gasteiger partial charge in [-0.3, -0.25) is 4.79 Å². The highest BCUT2D eigenvalue weighted by Crippen LogP contribution is 2.22. The van der Waals surface area contributed by atoms with Crippen molar-refractivity contribution in [3.05, 3.63) is 53.2 Å². The molecule has 1 aliphatic rings. The van der Waals surface area contributed by atoms with Crippen LogP contribution in [-0.4, -0.2) is 56.4 Å². The van der Waals surface area contributed by atoms with Crippen molar-refractivity contribution in [3.8, 4) is 5.88 Å². The molecule has 0 saturated carbocycles. The zero-order chi connectivity index (χ0) is 20.8. The number of nitrogens with zero attached hydrogens (tertiary/aromatic N) is 1. The molecule has 1 aliphatic heterocycles. The number of hydrogen-bond acceptors (Lipinski definition) is 8. The molecule has 9 heteroatoms. The summed E-state index contributed by atoms with van der Waals surface area (Å²) in [5.41, 5.74) is 0.666. The number of aromatic nitrogens is 1. The molecule has 1 N–H and O–H groups in total. The third kappa shape index (κ3) is 4.88. The van der Waals surface area contributed by atoms with Crippen molar-refractivity contribution < 1.29 is 33.3 Å². The summed E-state index contributed by atoms with van der Waals surface area (Å²) in [4.78, 5) is 40.7. The number of benzene rings is 1. The lowest BCUT2D eigenvalue weighted by Crippen LogP contribution is -2.18. The maximum atomic E-state index is 12.7. The fourth-order valence-electron chi connectivity index (χ4n) is 2.77. The van der Waals surface area contributed by atoms with Gasteiger partial charge in [-0.2, -0.15) is 0 Å². The van der Waals surface area contributed by atoms with Crippen LogP contribution in [-0.2, 0) is 14.2 Å². The van der Waals surface area contributed by atoms with Gasteiger partial charge in [0.05, 0.1) is 44.2 Å². The van der Waals surface area contributed by atoms with Crippen LogP contribution in [0.25, 0.3) is 0 Å². The molecule has 1 atom stereocenters. The number of ether oxygens (including phenoxy) is 4. The lowest BCUT2D eigenvalue weighted by molar-refractivity contribution is 0.0587. The summed E-state index contributed by atoms with van der Waals surface area (Å²) < 4.78 is 20.4. The first kappa shape index (κ1) is 20.3. The minimum atomic E-state index is -0.656. The highest BCUT2D eigenvalue weighted by atomic mass is 16.5. The molecule has 1 amide bonds. The van der Waals surface area contributed by atoms with E-state index in [1.165, 1.54) is 50.7 Å². The lowest BCUT2D eigenvalue weighted by atomic mass is 10.1. The summed E-state index contributed by atoms with van der Waals surface area (Å²) in [5.74, 6) is -1.47. The van der Waals surface area contributed by atoms with E-state index >= 15 is 0 Å². The van der Waals surface area contributed by atoms with Crippen LogP contribution in [0.3, 0.4) is 0 Å². The maximum absolute atomic E-state index is 12.7. The molecule has 2 heterocycles. The number of carbonyl (C=O) groups is 3. The van der Waals surface area contributed by atoms with Crippen LogP contribution in [0, 0.1) is 0 Å². The molecule has 1 unspecified atom stereocenters. The normalized spacial score (nSPS) is 15.4. The van der Waals surface area contributed by atoms with E-state index in [9.17, 15) is 14.4 Å². The average molecular weight is 400 g/mol. The van der Waals surface area contributed by atoms with Crippen molar-refractivity contribution in [2.24, 2.45) is 0 Å². The number of rotatable bonds is 6. The van der Waals surface area contributed by atoms with Gasteiger partial charge in [-0.25, -0.2) is 14.6 Å². The van der Waals surface area contributed by atoms with Gasteiger partial charge in [-0.05, 0) is 24.3 Å². The zero-order valence-corrected chi connectivity index (χ0v) is 16.0. The van der Waals surface area contributed by atoms with Gasteiger partial charge in [0, 0.05) is 24.2 Å². The Labute approximate surface area is 166 Å². The van der Waals surface area contributed by atoms with Crippen molar-refractivity contribution in [3.63, 3.8) is 0 Å². The summed E-state index contributed by atoms with van der Waals surface area (Å²) in [5, 5.41) is 2.63. The van der Waals surface area contributed by atoms with Gasteiger partial charge in [0.1, 0.15) is 6.10 Å². The van der Waals surface area contributed by atoms with E-state index in [0.717, 1.165) is 6.42 Å². The Bertz CT molecular complexity index is 923. The predicted octanol–water partition coefficient (Wildman–Crippen LogP) is 2.07. The highest BCUT2D eigenvalue weighted by molar-refractivity contribution is 6.09. The monoisotopic (exact) mass is 400 g/mol. The standard InChI is InChI=1S/C20H20N2O7/c1-26-19(24)13-3-4-15(20(25)27-2)16(9-13)22-18(23)12-5-7-21-17(10-12)29-14-6-8-28-11-14/h3-5,7,9-10,14H,6,8,11H2,1-2H3,(H,22,23). The Hall–Kier alpha value is -3.46. The third-order valence-corrected chi connectivity index (χ3v) is 4.27. The SMILES string of the molecule is COC(=O)c1ccc(C(=O)OC)c(NC(=O)c2ccnc(OC3CCOC3)c2)c1. The van der Waals surface area contributed by atoms with Crippen LogP contribution in [0.5, 0.6) is 5.88 Å². The number of pyridine rings is 1. The van der Waals surface area contributed by atoms with Crippen LogP contribution in [0.2, 0.25) is 0 Å². The number of amides is 1. The Morgan fingerprint density at radius 2 is 1.86 bits per heavy atom. The van der Waals surface area contributed by atoms with Crippen LogP contribution in [0.1, 0.15) is 37.5 Å². The molecule has 9 nitrogen and oxygen atoms in total. The number of anilines is 1. The molecule has 3 rings (SSSR count). The van der Waals surface area contributed by atoms with Crippen molar-refractivity contribution in [1.82, 2.24) is 4.98 Å². The molecule has 1 fully saturated rings. The van der Waals surface area contributed by atoms with Gasteiger partial charge in [-0.1, -0.05) is 0 Å². The van der Waals surface area contributed by atoms with E-state index in [1.807, 2.05) is 0 Å². The molecule has 29 heavy (non-hydrogen) atoms. The third-order valence-electron chi connectivity index (χ3n) is 4.27. The van der Waals surface area contributed by atoms with Gasteiger partial charge >= 0.3 is 11.9 Å². The molecule has 1 aromatic carbocycles. The minimum Gasteiger partial charge on any atom is -0.472 e. The fraction of sp³-hybridized carbons (Fsp3) is 0.300. The van der Waals surface area contributed by atoms with E-state index in [0.29, 0.717) is 19.1 Å². The van der Waals surface area contributed by atoms with Crippen molar-refractivity contribution in [2.75, 3.05) is 32.8 Å². The summed E-state index contributed by atoms with van der Waals surface area (Å²) in [6, 6.07) is 7.15. The van der Waals surface area contributed by atoms with E-state index < -0.39 is 17.8 Å². The highest BCUT2D eigenvalue weighted by Gasteiger charge is 2.20. The Balaban J connectivity index is 1.83. The van der Waals surface area contributed by atoms with Crippen molar-refractivity contribution >= 4 is 23.5 Å². The number of hydrogen-bond donors (Lipinski definition) is 1. The number of methoxy groups -OCH3 is 2. The molecule has 1 saturated heterocycles. The summed E-state index contributed by atoms with van der Waals surface area (Å²) in [6.45, 7) is 1.10. The number of nitrogens with one attached hydrogen (secondary N) is 1. The summed E-state index contributed by atoms with van der Waals surface area (Å²) >= 11 is 0. The quantitative estimate of drug-likeness (QED) is 0.734. The average Bonchev–Trinajstić information content (AvgIpc) is 3.25. The van der Waals surface area contributed by atoms with Crippen LogP contribution in [0.4, 0.5) is 5.69 Å². The molecular formula is C20H20N2O7. The van der Waals surface area contributed by atoms with Gasteiger partial charge in [0.25, 0.3) is 5.91 Å². The van der Waals surface area contributed by atoms with Gasteiger partial charge in [0.2, 0.25) is 5.88 Å². The predicted molar refractivity (Wildman–Crippen MR) is 101 cm³/mol. The van der Waals surface area contributed by atoms with Crippen LogP contribution >= 0.6 is 0 Å². The molecule has 0 spiro atoms. The van der Waals surface area contributed by atoms with E-state index in [2.05, 4.69) is 15.0 Å². The van der Waals surface area contributed by atoms with Crippen LogP contribution in [0.15, 0.2) is 36.5 Å². The first-order chi connectivity index (χ1) is 14.0. The molecule has 1 aromatic heterocycles. The first-order valence-electron chi connectivity index (χ1n) is 8.84. The van der Waals surface area contributed by atoms with E-state index in [-0.39, 0.29) is 28.5 Å². The molecule has 0 radical (unpaired) electrons. The Morgan fingerprint density at radius 1 is 1.07 bits per heavy atom. The largest absolute Gasteiger partial charge is 0.472 e. The molecule has 0 bridgehead atoms. The molecule has 152 valence electrons. The topological polar surface area (TPSA) is 113 Å². The fourth-order valence-corrected chi connectivity index (χ4v) is 2.77. The van der Waals surface area contributed by atoms with Crippen molar-refractivity contribution in [1.29, 1.82) is 0 Å².